The van der Waals surface area contributed by atoms with Gasteiger partial charge in [0.1, 0.15) is 4.90 Å². The van der Waals surface area contributed by atoms with E-state index in [1.807, 2.05) is 4.72 Å². The summed E-state index contributed by atoms with van der Waals surface area (Å²) in [6.45, 7) is 3.46. The second-order valence-corrected chi connectivity index (χ2v) is 6.40. The molecule has 19 heavy (non-hydrogen) atoms. The molecule has 104 valence electrons. The maximum absolute atomic E-state index is 12.2. The van der Waals surface area contributed by atoms with Gasteiger partial charge in [-0.1, -0.05) is 6.07 Å². The van der Waals surface area contributed by atoms with Crippen molar-refractivity contribution in [3.05, 3.63) is 23.3 Å². The monoisotopic (exact) mass is 283 g/mol. The number of carbonyl (C=O) groups excluding carboxylic acids is 1. The van der Waals surface area contributed by atoms with Crippen LogP contribution >= 0.6 is 0 Å². The normalized spacial score (nSPS) is 15.1. The fraction of sp³-hybridized carbons (Fsp3) is 0.417. The van der Waals surface area contributed by atoms with Crippen LogP contribution in [0, 0.1) is 13.8 Å². The van der Waals surface area contributed by atoms with Gasteiger partial charge in [-0.15, -0.1) is 0 Å². The summed E-state index contributed by atoms with van der Waals surface area (Å²) < 4.78 is 26.4. The molecule has 0 spiro atoms. The van der Waals surface area contributed by atoms with E-state index >= 15 is 0 Å². The van der Waals surface area contributed by atoms with Crippen molar-refractivity contribution in [3.63, 3.8) is 0 Å². The van der Waals surface area contributed by atoms with Gasteiger partial charge in [-0.05, 0) is 43.9 Å². The number of nitrogens with one attached hydrogen (secondary N) is 2. The number of anilines is 1. The molecule has 0 atom stereocenters. The Hall–Kier alpha value is -1.76. The minimum atomic E-state index is -3.95. The van der Waals surface area contributed by atoms with Gasteiger partial charge in [0.25, 0.3) is 10.0 Å². The lowest BCUT2D eigenvalue weighted by Crippen LogP contribution is -2.40. The number of sulfonamides is 1. The number of urea groups is 1. The Morgan fingerprint density at radius 2 is 1.95 bits per heavy atom. The van der Waals surface area contributed by atoms with E-state index in [-0.39, 0.29) is 16.6 Å². The van der Waals surface area contributed by atoms with Crippen LogP contribution in [-0.4, -0.2) is 20.5 Å². The smallest absolute Gasteiger partial charge is 0.328 e. The zero-order chi connectivity index (χ0) is 14.2. The Balaban J connectivity index is 2.28. The van der Waals surface area contributed by atoms with Crippen molar-refractivity contribution in [2.45, 2.75) is 37.6 Å². The molecule has 1 aromatic carbocycles. The number of carbonyl (C=O) groups is 1. The Kier molecular flexibility index (Phi) is 3.40. The van der Waals surface area contributed by atoms with Crippen molar-refractivity contribution >= 4 is 21.7 Å². The molecule has 7 heteroatoms. The topological polar surface area (TPSA) is 101 Å². The lowest BCUT2D eigenvalue weighted by Gasteiger charge is -2.13. The van der Waals surface area contributed by atoms with E-state index in [1.165, 1.54) is 6.07 Å². The second kappa shape index (κ2) is 4.73. The number of nitrogen functional groups attached to an aromatic ring is 1. The molecule has 1 aliphatic carbocycles. The fourth-order valence-corrected chi connectivity index (χ4v) is 3.13. The molecule has 0 radical (unpaired) electrons. The van der Waals surface area contributed by atoms with Gasteiger partial charge in [-0.25, -0.2) is 17.9 Å². The maximum Gasteiger partial charge on any atom is 0.328 e. The molecule has 0 aliphatic heterocycles. The van der Waals surface area contributed by atoms with Crippen LogP contribution in [0.5, 0.6) is 0 Å². The largest absolute Gasteiger partial charge is 0.398 e. The molecule has 2 amide bonds. The Labute approximate surface area is 112 Å². The van der Waals surface area contributed by atoms with E-state index in [9.17, 15) is 13.2 Å². The standard InChI is InChI=1S/C12H17N3O3S/c1-7-3-6-10(13)11(8(7)2)19(17,18)15-12(16)14-9-4-5-9/h3,6,9H,4-5,13H2,1-2H3,(H2,14,15,16). The number of amides is 2. The molecule has 1 saturated carbocycles. The van der Waals surface area contributed by atoms with Gasteiger partial charge in [0.05, 0.1) is 5.69 Å². The van der Waals surface area contributed by atoms with Crippen molar-refractivity contribution in [2.75, 3.05) is 5.73 Å². The van der Waals surface area contributed by atoms with E-state index in [0.29, 0.717) is 5.56 Å². The van der Waals surface area contributed by atoms with Crippen molar-refractivity contribution in [1.29, 1.82) is 0 Å². The minimum Gasteiger partial charge on any atom is -0.398 e. The molecule has 0 aromatic heterocycles. The number of hydrogen-bond acceptors (Lipinski definition) is 4. The Morgan fingerprint density at radius 1 is 1.32 bits per heavy atom. The molecule has 1 fully saturated rings. The predicted molar refractivity (Wildman–Crippen MR) is 72.2 cm³/mol. The van der Waals surface area contributed by atoms with Crippen LogP contribution in [0.4, 0.5) is 10.5 Å². The Bertz CT molecular complexity index is 621. The van der Waals surface area contributed by atoms with Crippen LogP contribution in [0.3, 0.4) is 0 Å². The first-order chi connectivity index (χ1) is 8.81. The third-order valence-electron chi connectivity index (χ3n) is 3.12. The number of rotatable bonds is 3. The molecule has 2 rings (SSSR count). The van der Waals surface area contributed by atoms with Crippen LogP contribution in [0.15, 0.2) is 17.0 Å². The van der Waals surface area contributed by atoms with Gasteiger partial charge in [-0.2, -0.15) is 0 Å². The van der Waals surface area contributed by atoms with Gasteiger partial charge in [0.15, 0.2) is 0 Å². The van der Waals surface area contributed by atoms with Crippen LogP contribution in [0.25, 0.3) is 0 Å². The molecule has 0 saturated heterocycles. The van der Waals surface area contributed by atoms with Gasteiger partial charge >= 0.3 is 6.03 Å². The molecule has 4 N–H and O–H groups in total. The van der Waals surface area contributed by atoms with Crippen molar-refractivity contribution in [2.24, 2.45) is 0 Å². The summed E-state index contributed by atoms with van der Waals surface area (Å²) in [5.41, 5.74) is 7.20. The summed E-state index contributed by atoms with van der Waals surface area (Å²) in [6.07, 6.45) is 1.78. The summed E-state index contributed by atoms with van der Waals surface area (Å²) >= 11 is 0. The van der Waals surface area contributed by atoms with Gasteiger partial charge in [-0.3, -0.25) is 0 Å². The lowest BCUT2D eigenvalue weighted by atomic mass is 10.1. The highest BCUT2D eigenvalue weighted by Crippen LogP contribution is 2.25. The number of benzene rings is 1. The van der Waals surface area contributed by atoms with Gasteiger partial charge < -0.3 is 11.1 Å². The third kappa shape index (κ3) is 2.98. The molecule has 6 nitrogen and oxygen atoms in total. The maximum atomic E-state index is 12.2. The van der Waals surface area contributed by atoms with E-state index in [4.69, 9.17) is 5.73 Å². The first-order valence-electron chi connectivity index (χ1n) is 6.00. The lowest BCUT2D eigenvalue weighted by molar-refractivity contribution is 0.245. The van der Waals surface area contributed by atoms with Gasteiger partial charge in [0, 0.05) is 6.04 Å². The number of hydrogen-bond donors (Lipinski definition) is 3. The van der Waals surface area contributed by atoms with Crippen LogP contribution < -0.4 is 15.8 Å². The molecule has 0 unspecified atom stereocenters. The van der Waals surface area contributed by atoms with E-state index in [2.05, 4.69) is 5.32 Å². The summed E-state index contributed by atoms with van der Waals surface area (Å²) in [6, 6.07) is 2.65. The van der Waals surface area contributed by atoms with Crippen LogP contribution in [-0.2, 0) is 10.0 Å². The highest BCUT2D eigenvalue weighted by atomic mass is 32.2. The summed E-state index contributed by atoms with van der Waals surface area (Å²) in [7, 11) is -3.95. The molecule has 1 aliphatic rings. The van der Waals surface area contributed by atoms with Crippen molar-refractivity contribution in [1.82, 2.24) is 10.0 Å². The summed E-state index contributed by atoms with van der Waals surface area (Å²) in [5.74, 6) is 0. The predicted octanol–water partition coefficient (Wildman–Crippen LogP) is 1.04. The fourth-order valence-electron chi connectivity index (χ4n) is 1.78. The van der Waals surface area contributed by atoms with Crippen LogP contribution in [0.2, 0.25) is 0 Å². The average molecular weight is 283 g/mol. The SMILES string of the molecule is Cc1ccc(N)c(S(=O)(=O)NC(=O)NC2CC2)c1C. The second-order valence-electron chi connectivity index (χ2n) is 4.78. The minimum absolute atomic E-state index is 0.0292. The zero-order valence-electron chi connectivity index (χ0n) is 10.9. The van der Waals surface area contributed by atoms with Gasteiger partial charge in [0.2, 0.25) is 0 Å². The van der Waals surface area contributed by atoms with Crippen LogP contribution in [0.1, 0.15) is 24.0 Å². The first-order valence-corrected chi connectivity index (χ1v) is 7.48. The summed E-state index contributed by atoms with van der Waals surface area (Å²) in [4.78, 5) is 11.5. The zero-order valence-corrected chi connectivity index (χ0v) is 11.7. The third-order valence-corrected chi connectivity index (χ3v) is 4.65. The first kappa shape index (κ1) is 13.7. The van der Waals surface area contributed by atoms with Crippen molar-refractivity contribution < 1.29 is 13.2 Å². The molecular weight excluding hydrogens is 266 g/mol. The molecule has 0 bridgehead atoms. The van der Waals surface area contributed by atoms with E-state index < -0.39 is 16.1 Å². The molecular formula is C12H17N3O3S. The quantitative estimate of drug-likeness (QED) is 0.721. The highest BCUT2D eigenvalue weighted by molar-refractivity contribution is 7.90. The van der Waals surface area contributed by atoms with E-state index in [1.54, 1.807) is 19.9 Å². The van der Waals surface area contributed by atoms with Crippen molar-refractivity contribution in [3.8, 4) is 0 Å². The molecule has 0 heterocycles. The van der Waals surface area contributed by atoms with E-state index in [0.717, 1.165) is 18.4 Å². The number of aryl methyl sites for hydroxylation is 1. The molecule has 1 aromatic rings. The average Bonchev–Trinajstić information content (AvgIpc) is 3.06. The highest BCUT2D eigenvalue weighted by Gasteiger charge is 2.27. The number of nitrogens with two attached hydrogens (primary N) is 1. The summed E-state index contributed by atoms with van der Waals surface area (Å²) in [5, 5.41) is 2.56. The Morgan fingerprint density at radius 3 is 2.53 bits per heavy atom.